The monoisotopic (exact) mass is 250 g/mol. The van der Waals surface area contributed by atoms with Gasteiger partial charge >= 0.3 is 0 Å². The number of amides is 1. The first-order chi connectivity index (χ1) is 8.79. The van der Waals surface area contributed by atoms with Gasteiger partial charge in [0.15, 0.2) is 0 Å². The van der Waals surface area contributed by atoms with E-state index in [4.69, 9.17) is 0 Å². The van der Waals surface area contributed by atoms with Crippen LogP contribution in [0.5, 0.6) is 0 Å². The molecule has 5 heteroatoms. The summed E-state index contributed by atoms with van der Waals surface area (Å²) in [4.78, 5) is 16.2. The van der Waals surface area contributed by atoms with Crippen molar-refractivity contribution in [2.24, 2.45) is 0 Å². The predicted molar refractivity (Wildman–Crippen MR) is 69.3 cm³/mol. The summed E-state index contributed by atoms with van der Waals surface area (Å²) in [7, 11) is 0. The lowest BCUT2D eigenvalue weighted by Gasteiger charge is -2.14. The molecule has 0 unspecified atom stereocenters. The number of nitrogens with one attached hydrogen (secondary N) is 2. The van der Waals surface area contributed by atoms with Crippen LogP contribution in [0.25, 0.3) is 0 Å². The molecule has 1 saturated carbocycles. The molecule has 5 nitrogen and oxygen atoms in total. The molecule has 1 aliphatic carbocycles. The van der Waals surface area contributed by atoms with Gasteiger partial charge in [-0.15, -0.1) is 5.10 Å². The fraction of sp³-hybridized carbons (Fsp3) is 0.769. The van der Waals surface area contributed by atoms with Crippen LogP contribution >= 0.6 is 0 Å². The third-order valence-electron chi connectivity index (χ3n) is 3.41. The molecule has 18 heavy (non-hydrogen) atoms. The Morgan fingerprint density at radius 3 is 2.72 bits per heavy atom. The van der Waals surface area contributed by atoms with Crippen LogP contribution in [0.4, 0.5) is 0 Å². The zero-order valence-electron chi connectivity index (χ0n) is 11.0. The Bertz CT molecular complexity index is 380. The number of nitrogens with zero attached hydrogens (tertiary/aromatic N) is 2. The summed E-state index contributed by atoms with van der Waals surface area (Å²) in [5, 5.41) is 9.84. The van der Waals surface area contributed by atoms with Crippen LogP contribution in [0.15, 0.2) is 0 Å². The van der Waals surface area contributed by atoms with E-state index in [1.807, 2.05) is 0 Å². The molecule has 1 heterocycles. The van der Waals surface area contributed by atoms with E-state index in [1.165, 1.54) is 25.7 Å². The maximum Gasteiger partial charge on any atom is 0.291 e. The first-order valence-corrected chi connectivity index (χ1v) is 7.01. The van der Waals surface area contributed by atoms with Crippen molar-refractivity contribution in [1.29, 1.82) is 0 Å². The minimum absolute atomic E-state index is 0.138. The number of aromatic amines is 1. The Kier molecular flexibility index (Phi) is 4.73. The minimum Gasteiger partial charge on any atom is -0.347 e. The molecule has 100 valence electrons. The van der Waals surface area contributed by atoms with Crippen molar-refractivity contribution in [3.8, 4) is 0 Å². The molecule has 1 aliphatic rings. The van der Waals surface area contributed by atoms with Gasteiger partial charge in [-0.2, -0.15) is 0 Å². The third-order valence-corrected chi connectivity index (χ3v) is 3.41. The van der Waals surface area contributed by atoms with E-state index in [2.05, 4.69) is 27.4 Å². The second kappa shape index (κ2) is 6.52. The zero-order valence-corrected chi connectivity index (χ0v) is 11.0. The highest BCUT2D eigenvalue weighted by Crippen LogP contribution is 2.17. The molecule has 0 spiro atoms. The highest BCUT2D eigenvalue weighted by Gasteiger charge is 2.18. The molecule has 1 fully saturated rings. The van der Waals surface area contributed by atoms with E-state index in [0.717, 1.165) is 31.5 Å². The van der Waals surface area contributed by atoms with E-state index in [-0.39, 0.29) is 11.7 Å². The predicted octanol–water partition coefficient (Wildman–Crippen LogP) is 2.21. The van der Waals surface area contributed by atoms with E-state index in [0.29, 0.717) is 6.04 Å². The smallest absolute Gasteiger partial charge is 0.291 e. The maximum absolute atomic E-state index is 12.0. The van der Waals surface area contributed by atoms with Gasteiger partial charge in [0.1, 0.15) is 5.82 Å². The van der Waals surface area contributed by atoms with Crippen molar-refractivity contribution >= 4 is 5.91 Å². The van der Waals surface area contributed by atoms with Gasteiger partial charge < -0.3 is 5.32 Å². The highest BCUT2D eigenvalue weighted by atomic mass is 16.2. The van der Waals surface area contributed by atoms with Crippen LogP contribution in [-0.4, -0.2) is 27.1 Å². The van der Waals surface area contributed by atoms with Crippen molar-refractivity contribution in [1.82, 2.24) is 20.5 Å². The number of carbonyl (C=O) groups excluding carboxylic acids is 1. The van der Waals surface area contributed by atoms with Crippen LogP contribution in [0, 0.1) is 0 Å². The van der Waals surface area contributed by atoms with E-state index < -0.39 is 0 Å². The van der Waals surface area contributed by atoms with Crippen molar-refractivity contribution in [2.75, 3.05) is 0 Å². The number of aryl methyl sites for hydroxylation is 1. The minimum atomic E-state index is -0.138. The summed E-state index contributed by atoms with van der Waals surface area (Å²) < 4.78 is 0. The Labute approximate surface area is 108 Å². The lowest BCUT2D eigenvalue weighted by Crippen LogP contribution is -2.35. The molecule has 0 radical (unpaired) electrons. The average molecular weight is 250 g/mol. The summed E-state index contributed by atoms with van der Waals surface area (Å²) in [5.41, 5.74) is 0. The molecule has 0 saturated heterocycles. The molecule has 0 aliphatic heterocycles. The van der Waals surface area contributed by atoms with E-state index >= 15 is 0 Å². The highest BCUT2D eigenvalue weighted by molar-refractivity contribution is 5.90. The lowest BCUT2D eigenvalue weighted by atomic mass is 10.1. The van der Waals surface area contributed by atoms with Crippen LogP contribution in [-0.2, 0) is 6.42 Å². The van der Waals surface area contributed by atoms with Gasteiger partial charge in [-0.3, -0.25) is 9.89 Å². The fourth-order valence-electron chi connectivity index (χ4n) is 2.42. The quantitative estimate of drug-likeness (QED) is 0.805. The maximum atomic E-state index is 12.0. The van der Waals surface area contributed by atoms with E-state index in [9.17, 15) is 4.79 Å². The topological polar surface area (TPSA) is 70.7 Å². The zero-order chi connectivity index (χ0) is 12.8. The molecule has 0 bridgehead atoms. The Hall–Kier alpha value is -1.39. The van der Waals surface area contributed by atoms with Crippen molar-refractivity contribution in [3.63, 3.8) is 0 Å². The number of hydrogen-bond donors (Lipinski definition) is 2. The van der Waals surface area contributed by atoms with Gasteiger partial charge in [0.25, 0.3) is 5.91 Å². The molecule has 1 aromatic heterocycles. The van der Waals surface area contributed by atoms with Crippen molar-refractivity contribution < 1.29 is 4.79 Å². The molecule has 2 rings (SSSR count). The van der Waals surface area contributed by atoms with Crippen LogP contribution in [0.2, 0.25) is 0 Å². The number of H-pyrrole nitrogens is 1. The summed E-state index contributed by atoms with van der Waals surface area (Å²) in [6.07, 6.45) is 8.99. The largest absolute Gasteiger partial charge is 0.347 e. The van der Waals surface area contributed by atoms with Crippen LogP contribution in [0.3, 0.4) is 0 Å². The molecule has 0 atom stereocenters. The second-order valence-corrected chi connectivity index (χ2v) is 5.02. The van der Waals surface area contributed by atoms with Crippen LogP contribution in [0.1, 0.15) is 68.3 Å². The van der Waals surface area contributed by atoms with Crippen molar-refractivity contribution in [3.05, 3.63) is 11.6 Å². The summed E-state index contributed by atoms with van der Waals surface area (Å²) in [6.45, 7) is 2.08. The Balaban J connectivity index is 1.89. The number of hydrogen-bond acceptors (Lipinski definition) is 3. The number of aromatic nitrogens is 3. The summed E-state index contributed by atoms with van der Waals surface area (Å²) in [5.74, 6) is 0.937. The van der Waals surface area contributed by atoms with Gasteiger partial charge in [-0.25, -0.2) is 4.98 Å². The van der Waals surface area contributed by atoms with Gasteiger partial charge in [0, 0.05) is 12.5 Å². The lowest BCUT2D eigenvalue weighted by molar-refractivity contribution is 0.0923. The van der Waals surface area contributed by atoms with Gasteiger partial charge in [0.05, 0.1) is 0 Å². The van der Waals surface area contributed by atoms with E-state index in [1.54, 1.807) is 0 Å². The molecule has 1 amide bonds. The van der Waals surface area contributed by atoms with Gasteiger partial charge in [0.2, 0.25) is 5.82 Å². The summed E-state index contributed by atoms with van der Waals surface area (Å²) >= 11 is 0. The molecule has 0 aromatic carbocycles. The first kappa shape index (κ1) is 13.1. The Morgan fingerprint density at radius 2 is 2.06 bits per heavy atom. The Morgan fingerprint density at radius 1 is 1.33 bits per heavy atom. The number of carbonyl (C=O) groups is 1. The standard InChI is InChI=1S/C13H22N4O/c1-2-7-11-15-12(17-16-11)13(18)14-10-8-5-3-4-6-9-10/h10H,2-9H2,1H3,(H,14,18)(H,15,16,17). The first-order valence-electron chi connectivity index (χ1n) is 7.01. The molecular formula is C13H22N4O. The molecule has 2 N–H and O–H groups in total. The number of rotatable bonds is 4. The van der Waals surface area contributed by atoms with Gasteiger partial charge in [-0.05, 0) is 19.3 Å². The summed E-state index contributed by atoms with van der Waals surface area (Å²) in [6, 6.07) is 0.299. The molecular weight excluding hydrogens is 228 g/mol. The normalized spacial score (nSPS) is 17.4. The van der Waals surface area contributed by atoms with Crippen molar-refractivity contribution in [2.45, 2.75) is 64.3 Å². The molecule has 1 aromatic rings. The second-order valence-electron chi connectivity index (χ2n) is 5.02. The third kappa shape index (κ3) is 3.55. The average Bonchev–Trinajstić information content (AvgIpc) is 2.67. The fourth-order valence-corrected chi connectivity index (χ4v) is 2.42. The van der Waals surface area contributed by atoms with Crippen LogP contribution < -0.4 is 5.32 Å². The van der Waals surface area contributed by atoms with Gasteiger partial charge in [-0.1, -0.05) is 32.6 Å². The SMILES string of the molecule is CCCc1nc(C(=O)NC2CCCCCC2)n[nH]1.